The molecular weight excluding hydrogens is 390 g/mol. The number of amides is 3. The van der Waals surface area contributed by atoms with E-state index in [1.807, 2.05) is 54.6 Å². The maximum atomic E-state index is 12.8. The van der Waals surface area contributed by atoms with E-state index in [1.165, 1.54) is 4.90 Å². The number of rotatable bonds is 6. The van der Waals surface area contributed by atoms with Crippen molar-refractivity contribution in [2.45, 2.75) is 13.2 Å². The summed E-state index contributed by atoms with van der Waals surface area (Å²) in [4.78, 5) is 26.3. The second-order valence-electron chi connectivity index (χ2n) is 6.96. The number of urea groups is 1. The summed E-state index contributed by atoms with van der Waals surface area (Å²) in [6.45, 7) is 0.413. The van der Waals surface area contributed by atoms with Crippen LogP contribution in [-0.2, 0) is 17.9 Å². The SMILES string of the molecule is N#Cc1ccccc1COc1ccccc1/C=C1/NC(=O)N(Cc2ccccc2)C1=O. The molecule has 0 radical (unpaired) electrons. The van der Waals surface area contributed by atoms with Crippen LogP contribution in [-0.4, -0.2) is 16.8 Å². The van der Waals surface area contributed by atoms with E-state index >= 15 is 0 Å². The molecule has 0 spiro atoms. The van der Waals surface area contributed by atoms with Crippen molar-refractivity contribution in [2.24, 2.45) is 0 Å². The number of hydrogen-bond donors (Lipinski definition) is 1. The minimum atomic E-state index is -0.457. The number of imide groups is 1. The normalized spacial score (nSPS) is 14.4. The third-order valence-electron chi connectivity index (χ3n) is 4.89. The average Bonchev–Trinajstić information content (AvgIpc) is 3.06. The van der Waals surface area contributed by atoms with Gasteiger partial charge >= 0.3 is 6.03 Å². The van der Waals surface area contributed by atoms with Crippen molar-refractivity contribution in [1.29, 1.82) is 5.26 Å². The molecule has 1 N–H and O–H groups in total. The molecule has 3 amide bonds. The van der Waals surface area contributed by atoms with Crippen molar-refractivity contribution >= 4 is 18.0 Å². The Labute approximate surface area is 180 Å². The molecule has 152 valence electrons. The Bertz CT molecular complexity index is 1200. The second-order valence-corrected chi connectivity index (χ2v) is 6.96. The molecule has 3 aromatic carbocycles. The zero-order valence-corrected chi connectivity index (χ0v) is 16.6. The number of hydrogen-bond acceptors (Lipinski definition) is 4. The summed E-state index contributed by atoms with van der Waals surface area (Å²) in [6, 6.07) is 25.5. The molecule has 0 aliphatic carbocycles. The number of nitrogens with one attached hydrogen (secondary N) is 1. The molecule has 31 heavy (non-hydrogen) atoms. The number of carbonyl (C=O) groups is 2. The van der Waals surface area contributed by atoms with Gasteiger partial charge in [-0.1, -0.05) is 66.7 Å². The van der Waals surface area contributed by atoms with Crippen LogP contribution in [0.5, 0.6) is 5.75 Å². The fourth-order valence-electron chi connectivity index (χ4n) is 3.28. The molecule has 1 aliphatic heterocycles. The lowest BCUT2D eigenvalue weighted by molar-refractivity contribution is -0.123. The van der Waals surface area contributed by atoms with Crippen LogP contribution in [0.3, 0.4) is 0 Å². The number of para-hydroxylation sites is 1. The van der Waals surface area contributed by atoms with Gasteiger partial charge in [-0.15, -0.1) is 0 Å². The topological polar surface area (TPSA) is 82.4 Å². The molecule has 0 unspecified atom stereocenters. The highest BCUT2D eigenvalue weighted by Crippen LogP contribution is 2.24. The van der Waals surface area contributed by atoms with Gasteiger partial charge in [0.2, 0.25) is 0 Å². The van der Waals surface area contributed by atoms with Crippen LogP contribution in [0, 0.1) is 11.3 Å². The monoisotopic (exact) mass is 409 g/mol. The molecule has 1 aliphatic rings. The van der Waals surface area contributed by atoms with Gasteiger partial charge in [-0.05, 0) is 23.8 Å². The van der Waals surface area contributed by atoms with Crippen molar-refractivity contribution in [1.82, 2.24) is 10.2 Å². The first kappa shape index (κ1) is 19.9. The lowest BCUT2D eigenvalue weighted by Crippen LogP contribution is -2.30. The highest BCUT2D eigenvalue weighted by Gasteiger charge is 2.33. The number of benzene rings is 3. The molecule has 6 heteroatoms. The van der Waals surface area contributed by atoms with Crippen molar-refractivity contribution in [2.75, 3.05) is 0 Å². The fraction of sp³-hybridized carbons (Fsp3) is 0.0800. The largest absolute Gasteiger partial charge is 0.488 e. The van der Waals surface area contributed by atoms with E-state index in [9.17, 15) is 14.9 Å². The maximum Gasteiger partial charge on any atom is 0.329 e. The predicted octanol–water partition coefficient (Wildman–Crippen LogP) is 4.23. The molecule has 1 fully saturated rings. The highest BCUT2D eigenvalue weighted by atomic mass is 16.5. The van der Waals surface area contributed by atoms with Crippen molar-refractivity contribution in [3.63, 3.8) is 0 Å². The molecule has 0 saturated carbocycles. The minimum absolute atomic E-state index is 0.189. The molecule has 0 atom stereocenters. The molecule has 0 bridgehead atoms. The van der Waals surface area contributed by atoms with E-state index < -0.39 is 11.9 Å². The lowest BCUT2D eigenvalue weighted by Gasteiger charge is -2.12. The minimum Gasteiger partial charge on any atom is -0.488 e. The first-order chi connectivity index (χ1) is 15.2. The summed E-state index contributed by atoms with van der Waals surface area (Å²) in [7, 11) is 0. The summed E-state index contributed by atoms with van der Waals surface area (Å²) < 4.78 is 5.93. The van der Waals surface area contributed by atoms with Crippen LogP contribution in [0.2, 0.25) is 0 Å². The average molecular weight is 409 g/mol. The van der Waals surface area contributed by atoms with E-state index in [1.54, 1.807) is 30.3 Å². The Hall–Kier alpha value is -4.37. The van der Waals surface area contributed by atoms with Gasteiger partial charge in [0.05, 0.1) is 18.2 Å². The summed E-state index contributed by atoms with van der Waals surface area (Å²) >= 11 is 0. The summed E-state index contributed by atoms with van der Waals surface area (Å²) in [5.41, 5.74) is 3.03. The molecule has 0 aromatic heterocycles. The molecular formula is C25H19N3O3. The predicted molar refractivity (Wildman–Crippen MR) is 115 cm³/mol. The zero-order valence-electron chi connectivity index (χ0n) is 16.6. The molecule has 1 saturated heterocycles. The van der Waals surface area contributed by atoms with Gasteiger partial charge in [0, 0.05) is 11.1 Å². The van der Waals surface area contributed by atoms with Gasteiger partial charge in [-0.3, -0.25) is 9.69 Å². The Kier molecular flexibility index (Phi) is 5.77. The van der Waals surface area contributed by atoms with E-state index in [0.717, 1.165) is 11.1 Å². The van der Waals surface area contributed by atoms with Crippen molar-refractivity contribution in [3.05, 3.63) is 107 Å². The van der Waals surface area contributed by atoms with E-state index in [0.29, 0.717) is 16.9 Å². The van der Waals surface area contributed by atoms with Gasteiger partial charge in [-0.2, -0.15) is 5.26 Å². The van der Waals surface area contributed by atoms with E-state index in [2.05, 4.69) is 11.4 Å². The van der Waals surface area contributed by atoms with E-state index in [-0.39, 0.29) is 18.8 Å². The first-order valence-electron chi connectivity index (χ1n) is 9.74. The number of ether oxygens (including phenoxy) is 1. The number of carbonyl (C=O) groups excluding carboxylic acids is 2. The van der Waals surface area contributed by atoms with Crippen LogP contribution in [0.15, 0.2) is 84.6 Å². The van der Waals surface area contributed by atoms with Crippen LogP contribution in [0.4, 0.5) is 4.79 Å². The smallest absolute Gasteiger partial charge is 0.329 e. The third kappa shape index (κ3) is 4.46. The van der Waals surface area contributed by atoms with E-state index in [4.69, 9.17) is 4.74 Å². The second kappa shape index (κ2) is 8.97. The highest BCUT2D eigenvalue weighted by molar-refractivity contribution is 6.14. The zero-order chi connectivity index (χ0) is 21.6. The number of nitrogens with zero attached hydrogens (tertiary/aromatic N) is 2. The van der Waals surface area contributed by atoms with Gasteiger partial charge < -0.3 is 10.1 Å². The Balaban J connectivity index is 1.53. The molecule has 6 nitrogen and oxygen atoms in total. The van der Waals surface area contributed by atoms with Crippen LogP contribution < -0.4 is 10.1 Å². The standard InChI is InChI=1S/C25H19N3O3/c26-15-20-11-4-5-12-21(20)17-31-23-13-7-6-10-19(23)14-22-24(29)28(25(30)27-22)16-18-8-2-1-3-9-18/h1-14H,16-17H2,(H,27,30)/b22-14+. The van der Waals surface area contributed by atoms with Gasteiger partial charge in [0.25, 0.3) is 5.91 Å². The van der Waals surface area contributed by atoms with Crippen LogP contribution in [0.25, 0.3) is 6.08 Å². The van der Waals surface area contributed by atoms with Crippen LogP contribution in [0.1, 0.15) is 22.3 Å². The third-order valence-corrected chi connectivity index (χ3v) is 4.89. The summed E-state index contributed by atoms with van der Waals surface area (Å²) in [5, 5.41) is 11.9. The Morgan fingerprint density at radius 2 is 1.65 bits per heavy atom. The van der Waals surface area contributed by atoms with Crippen LogP contribution >= 0.6 is 0 Å². The lowest BCUT2D eigenvalue weighted by atomic mass is 10.1. The van der Waals surface area contributed by atoms with Gasteiger partial charge in [0.15, 0.2) is 0 Å². The summed E-state index contributed by atoms with van der Waals surface area (Å²) in [5.74, 6) is 0.157. The molecule has 1 heterocycles. The molecule has 3 aromatic rings. The van der Waals surface area contributed by atoms with Crippen molar-refractivity contribution < 1.29 is 14.3 Å². The quantitative estimate of drug-likeness (QED) is 0.488. The fourth-order valence-corrected chi connectivity index (χ4v) is 3.28. The van der Waals surface area contributed by atoms with Gasteiger partial charge in [0.1, 0.15) is 18.1 Å². The first-order valence-corrected chi connectivity index (χ1v) is 9.74. The number of nitriles is 1. The Morgan fingerprint density at radius 3 is 2.45 bits per heavy atom. The molecule has 4 rings (SSSR count). The maximum absolute atomic E-state index is 12.8. The summed E-state index contributed by atoms with van der Waals surface area (Å²) in [6.07, 6.45) is 1.61. The van der Waals surface area contributed by atoms with Gasteiger partial charge in [-0.25, -0.2) is 4.79 Å². The van der Waals surface area contributed by atoms with Crippen molar-refractivity contribution in [3.8, 4) is 11.8 Å². The Morgan fingerprint density at radius 1 is 0.935 bits per heavy atom.